The van der Waals surface area contributed by atoms with Gasteiger partial charge >= 0.3 is 11.9 Å². The molecule has 260 valence electrons. The molecule has 0 saturated carbocycles. The molecule has 4 aromatic rings. The minimum absolute atomic E-state index is 0. The third-order valence-electron chi connectivity index (χ3n) is 7.95. The van der Waals surface area contributed by atoms with Gasteiger partial charge in [-0.3, -0.25) is 9.59 Å². The van der Waals surface area contributed by atoms with Crippen LogP contribution in [0.1, 0.15) is 61.2 Å². The van der Waals surface area contributed by atoms with E-state index in [-0.39, 0.29) is 28.7 Å². The van der Waals surface area contributed by atoms with Crippen molar-refractivity contribution in [3.8, 4) is 0 Å². The average molecular weight is 671 g/mol. The monoisotopic (exact) mass is 670 g/mol. The zero-order valence-corrected chi connectivity index (χ0v) is 27.9. The number of carbonyl (C=O) groups excluding carboxylic acids is 2. The van der Waals surface area contributed by atoms with Crippen LogP contribution in [0.15, 0.2) is 119 Å². The highest BCUT2D eigenvalue weighted by Gasteiger charge is 2.20. The lowest BCUT2D eigenvalue weighted by Crippen LogP contribution is -2.33. The molecule has 2 aromatic carbocycles. The Morgan fingerprint density at radius 1 is 0.633 bits per heavy atom. The second-order valence-corrected chi connectivity index (χ2v) is 11.8. The van der Waals surface area contributed by atoms with Crippen LogP contribution in [0, 0.1) is 0 Å². The van der Waals surface area contributed by atoms with Crippen LogP contribution in [0.2, 0.25) is 0 Å². The van der Waals surface area contributed by atoms with Crippen LogP contribution in [0.5, 0.6) is 0 Å². The third kappa shape index (κ3) is 13.9. The molecule has 0 aliphatic rings. The molecule has 4 atom stereocenters. The number of benzene rings is 2. The molecule has 0 aliphatic heterocycles. The Labute approximate surface area is 286 Å². The summed E-state index contributed by atoms with van der Waals surface area (Å²) in [6.07, 6.45) is 7.18. The van der Waals surface area contributed by atoms with Gasteiger partial charge in [-0.1, -0.05) is 60.7 Å². The molecule has 2 heterocycles. The van der Waals surface area contributed by atoms with E-state index in [0.717, 1.165) is 37.8 Å². The van der Waals surface area contributed by atoms with E-state index in [0.29, 0.717) is 24.2 Å². The molecule has 49 heavy (non-hydrogen) atoms. The van der Waals surface area contributed by atoms with E-state index in [4.69, 9.17) is 9.47 Å². The van der Waals surface area contributed by atoms with Crippen LogP contribution in [-0.4, -0.2) is 52.6 Å². The van der Waals surface area contributed by atoms with Crippen molar-refractivity contribution >= 4 is 11.9 Å². The second kappa shape index (κ2) is 20.3. The molecule has 4 rings (SSSR count). The normalized spacial score (nSPS) is 13.5. The fourth-order valence-corrected chi connectivity index (χ4v) is 5.07. The van der Waals surface area contributed by atoms with Crippen LogP contribution in [0.3, 0.4) is 0 Å². The third-order valence-corrected chi connectivity index (χ3v) is 7.95. The van der Waals surface area contributed by atoms with Crippen LogP contribution < -0.4 is 21.8 Å². The lowest BCUT2D eigenvalue weighted by molar-refractivity contribution is -0.146. The quantitative estimate of drug-likeness (QED) is 0.0912. The van der Waals surface area contributed by atoms with E-state index in [1.807, 2.05) is 36.4 Å². The number of hydrogen-bond donors (Lipinski definition) is 4. The van der Waals surface area contributed by atoms with Crippen molar-refractivity contribution in [3.05, 3.63) is 152 Å². The van der Waals surface area contributed by atoms with Crippen LogP contribution in [-0.2, 0) is 31.9 Å². The zero-order chi connectivity index (χ0) is 34.1. The molecule has 0 saturated heterocycles. The number of pyridine rings is 2. The smallest absolute Gasteiger partial charge is 0.331 e. The van der Waals surface area contributed by atoms with Gasteiger partial charge in [-0.2, -0.15) is 0 Å². The van der Waals surface area contributed by atoms with Crippen molar-refractivity contribution < 1.29 is 24.5 Å². The van der Waals surface area contributed by atoms with Crippen LogP contribution >= 0.6 is 0 Å². The van der Waals surface area contributed by atoms with Gasteiger partial charge in [0.15, 0.2) is 0 Å². The van der Waals surface area contributed by atoms with Gasteiger partial charge in [0.2, 0.25) is 11.1 Å². The number of carbonyl (C=O) groups is 2. The Bertz CT molecular complexity index is 1560. The van der Waals surface area contributed by atoms with E-state index >= 15 is 0 Å². The Hall–Kier alpha value is -5.10. The maximum absolute atomic E-state index is 12.9. The second-order valence-electron chi connectivity index (χ2n) is 11.8. The Morgan fingerprint density at radius 2 is 1.02 bits per heavy atom. The van der Waals surface area contributed by atoms with Gasteiger partial charge in [0.25, 0.3) is 0 Å². The zero-order valence-electron chi connectivity index (χ0n) is 27.9. The largest absolute Gasteiger partial charge is 0.453 e. The van der Waals surface area contributed by atoms with E-state index < -0.39 is 24.1 Å². The highest BCUT2D eigenvalue weighted by atomic mass is 16.5. The molecule has 0 amide bonds. The number of aromatic amines is 2. The summed E-state index contributed by atoms with van der Waals surface area (Å²) in [6.45, 7) is 4.72. The van der Waals surface area contributed by atoms with Gasteiger partial charge < -0.3 is 35.6 Å². The molecular weight excluding hydrogens is 624 g/mol. The molecule has 0 spiro atoms. The minimum Gasteiger partial charge on any atom is -0.453 e. The Balaban J connectivity index is 0.00000650. The van der Waals surface area contributed by atoms with Crippen LogP contribution in [0.4, 0.5) is 0 Å². The minimum atomic E-state index is -0.741. The lowest BCUT2D eigenvalue weighted by atomic mass is 10.1. The Kier molecular flexibility index (Phi) is 15.9. The van der Waals surface area contributed by atoms with Crippen LogP contribution in [0.25, 0.3) is 0 Å². The fourth-order valence-electron chi connectivity index (χ4n) is 5.07. The number of rotatable bonds is 18. The number of H-pyrrole nitrogens is 2. The molecule has 0 radical (unpaired) electrons. The molecule has 0 aliphatic carbocycles. The maximum atomic E-state index is 12.9. The summed E-state index contributed by atoms with van der Waals surface area (Å²) < 4.78 is 11.4. The Morgan fingerprint density at radius 3 is 1.37 bits per heavy atom. The number of esters is 2. The number of nitrogens with one attached hydrogen (secondary N) is 4. The van der Waals surface area contributed by atoms with E-state index in [1.165, 1.54) is 35.7 Å². The van der Waals surface area contributed by atoms with Gasteiger partial charge in [0, 0.05) is 73.0 Å². The predicted octanol–water partition coefficient (Wildman–Crippen LogP) is 3.89. The van der Waals surface area contributed by atoms with Gasteiger partial charge in [-0.25, -0.2) is 9.59 Å². The first kappa shape index (κ1) is 38.3. The maximum Gasteiger partial charge on any atom is 0.331 e. The number of hydrogen-bond acceptors (Lipinski definition) is 8. The summed E-state index contributed by atoms with van der Waals surface area (Å²) in [5.74, 6) is -1.48. The van der Waals surface area contributed by atoms with Crippen molar-refractivity contribution in [1.82, 2.24) is 20.6 Å². The van der Waals surface area contributed by atoms with Crippen molar-refractivity contribution in [2.24, 2.45) is 0 Å². The molecule has 11 heteroatoms. The van der Waals surface area contributed by atoms with Gasteiger partial charge in [-0.05, 0) is 62.8 Å². The SMILES string of the molecule is CC(CCc1ccccc1)NCC(OC(=O)/C=C/C(=O)OC(CNC(C)CCc1ccccc1)c1ccc(=O)[nH]c1)c1ccc(=O)[nH]c1.O. The van der Waals surface area contributed by atoms with Crippen molar-refractivity contribution in [2.75, 3.05) is 13.1 Å². The first-order valence-corrected chi connectivity index (χ1v) is 16.3. The van der Waals surface area contributed by atoms with Gasteiger partial charge in [-0.15, -0.1) is 0 Å². The summed E-state index contributed by atoms with van der Waals surface area (Å²) in [6, 6.07) is 26.6. The van der Waals surface area contributed by atoms with E-state index in [1.54, 1.807) is 12.1 Å². The number of aromatic nitrogens is 2. The lowest BCUT2D eigenvalue weighted by Gasteiger charge is -2.21. The topological polar surface area (TPSA) is 174 Å². The predicted molar refractivity (Wildman–Crippen MR) is 189 cm³/mol. The molecule has 0 bridgehead atoms. The standard InChI is InChI=1S/C38H44N4O6.H2O/c1-27(13-15-29-9-5-3-6-10-29)39-25-33(31-17-19-35(43)41-23-31)47-37(45)21-22-38(46)48-34(32-18-20-36(44)42-24-32)26-40-28(2)14-16-30-11-7-4-8-12-30;/h3-12,17-24,27-28,33-34,39-40H,13-16,25-26H2,1-2H3,(H,41,43)(H,42,44);1H2/b22-21+;. The fraction of sp³-hybridized carbons (Fsp3) is 0.316. The molecule has 6 N–H and O–H groups in total. The summed E-state index contributed by atoms with van der Waals surface area (Å²) in [5.41, 5.74) is 3.14. The van der Waals surface area contributed by atoms with Gasteiger partial charge in [0.05, 0.1) is 0 Å². The van der Waals surface area contributed by atoms with Crippen molar-refractivity contribution in [3.63, 3.8) is 0 Å². The molecule has 0 fully saturated rings. The summed E-state index contributed by atoms with van der Waals surface area (Å²) in [4.78, 5) is 54.3. The van der Waals surface area contributed by atoms with E-state index in [2.05, 4.69) is 58.7 Å². The highest BCUT2D eigenvalue weighted by molar-refractivity contribution is 5.91. The summed E-state index contributed by atoms with van der Waals surface area (Å²) >= 11 is 0. The first-order valence-electron chi connectivity index (χ1n) is 16.3. The number of aryl methyl sites for hydroxylation is 2. The van der Waals surface area contributed by atoms with E-state index in [9.17, 15) is 19.2 Å². The van der Waals surface area contributed by atoms with Crippen molar-refractivity contribution in [2.45, 2.75) is 63.8 Å². The summed E-state index contributed by atoms with van der Waals surface area (Å²) in [5, 5.41) is 6.82. The number of ether oxygens (including phenoxy) is 2. The van der Waals surface area contributed by atoms with Gasteiger partial charge in [0.1, 0.15) is 12.2 Å². The highest BCUT2D eigenvalue weighted by Crippen LogP contribution is 2.18. The van der Waals surface area contributed by atoms with Crippen molar-refractivity contribution in [1.29, 1.82) is 0 Å². The average Bonchev–Trinajstić information content (AvgIpc) is 3.10. The molecule has 2 aromatic heterocycles. The first-order chi connectivity index (χ1) is 23.2. The molecular formula is C38H46N4O7. The molecule has 11 nitrogen and oxygen atoms in total. The molecule has 4 unspecified atom stereocenters. The summed E-state index contributed by atoms with van der Waals surface area (Å²) in [7, 11) is 0.